The maximum absolute atomic E-state index is 8.55. The molecule has 2 nitrogen and oxygen atoms in total. The average Bonchev–Trinajstić information content (AvgIpc) is 2.92. The van der Waals surface area contributed by atoms with Crippen LogP contribution < -0.4 is 0 Å². The Morgan fingerprint density at radius 2 is 2.05 bits per heavy atom. The molecule has 1 heterocycles. The van der Waals surface area contributed by atoms with Gasteiger partial charge in [-0.15, -0.1) is 11.3 Å². The largest absolute Gasteiger partial charge is 0.240 e. The van der Waals surface area contributed by atoms with E-state index in [-0.39, 0.29) is 0 Å². The maximum atomic E-state index is 8.55. The van der Waals surface area contributed by atoms with Crippen LogP contribution in [0.4, 0.5) is 0 Å². The lowest BCUT2D eigenvalue weighted by atomic mass is 10.2. The van der Waals surface area contributed by atoms with Crippen LogP contribution in [0.15, 0.2) is 36.3 Å². The van der Waals surface area contributed by atoms with Gasteiger partial charge in [0.05, 0.1) is 18.2 Å². The minimum Gasteiger partial charge on any atom is -0.240 e. The Hall–Kier alpha value is -1.66. The average molecular weight is 276 g/mol. The van der Waals surface area contributed by atoms with E-state index in [9.17, 15) is 0 Å². The minimum absolute atomic E-state index is 0.377. The highest BCUT2D eigenvalue weighted by molar-refractivity contribution is 7.09. The first-order valence-corrected chi connectivity index (χ1v) is 7.47. The number of rotatable bonds is 4. The molecule has 0 aliphatic heterocycles. The Morgan fingerprint density at radius 1 is 1.42 bits per heavy atom. The zero-order valence-electron chi connectivity index (χ0n) is 12.6. The summed E-state index contributed by atoms with van der Waals surface area (Å²) < 4.78 is 0. The van der Waals surface area contributed by atoms with Crippen molar-refractivity contribution in [2.75, 3.05) is 0 Å². The van der Waals surface area contributed by atoms with E-state index in [4.69, 9.17) is 5.26 Å². The summed E-state index contributed by atoms with van der Waals surface area (Å²) in [6, 6.07) is 2.09. The van der Waals surface area contributed by atoms with Crippen molar-refractivity contribution < 1.29 is 0 Å². The number of thiazole rings is 1. The van der Waals surface area contributed by atoms with Crippen LogP contribution in [0, 0.1) is 11.3 Å². The van der Waals surface area contributed by atoms with Crippen molar-refractivity contribution in [3.8, 4) is 6.07 Å². The monoisotopic (exact) mass is 276 g/mol. The summed E-state index contributed by atoms with van der Waals surface area (Å²) in [4.78, 5) is 4.37. The van der Waals surface area contributed by atoms with Crippen LogP contribution in [0.1, 0.15) is 45.3 Å². The fraction of sp³-hybridized carbons (Fsp3) is 0.375. The molecule has 0 unspecified atom stereocenters. The molecule has 1 aromatic heterocycles. The molecule has 19 heavy (non-hydrogen) atoms. The number of hydrogen-bond acceptors (Lipinski definition) is 3. The Bertz CT molecular complexity index is 434. The number of aromatic nitrogens is 1. The van der Waals surface area contributed by atoms with Gasteiger partial charge in [0.1, 0.15) is 5.01 Å². The van der Waals surface area contributed by atoms with E-state index in [0.29, 0.717) is 6.42 Å². The van der Waals surface area contributed by atoms with Crippen molar-refractivity contribution in [3.63, 3.8) is 0 Å². The van der Waals surface area contributed by atoms with Gasteiger partial charge >= 0.3 is 0 Å². The van der Waals surface area contributed by atoms with Crippen molar-refractivity contribution in [3.05, 3.63) is 47.0 Å². The first-order valence-electron chi connectivity index (χ1n) is 6.59. The quantitative estimate of drug-likeness (QED) is 0.690. The van der Waals surface area contributed by atoms with Crippen molar-refractivity contribution in [2.45, 2.75) is 41.0 Å². The Balaban J connectivity index is 0. The molecule has 1 aromatic rings. The van der Waals surface area contributed by atoms with E-state index in [0.717, 1.165) is 16.3 Å². The van der Waals surface area contributed by atoms with Crippen LogP contribution in [0.5, 0.6) is 0 Å². The van der Waals surface area contributed by atoms with E-state index < -0.39 is 0 Å². The van der Waals surface area contributed by atoms with Crippen LogP contribution >= 0.6 is 11.3 Å². The van der Waals surface area contributed by atoms with Crippen LogP contribution in [0.25, 0.3) is 5.57 Å². The number of hydrogen-bond donors (Lipinski definition) is 0. The summed E-state index contributed by atoms with van der Waals surface area (Å²) >= 11 is 1.51. The summed E-state index contributed by atoms with van der Waals surface area (Å²) in [5.74, 6) is 0. The predicted octanol–water partition coefficient (Wildman–Crippen LogP) is 5.41. The van der Waals surface area contributed by atoms with Crippen LogP contribution in [-0.4, -0.2) is 4.98 Å². The van der Waals surface area contributed by atoms with Crippen LogP contribution in [0.2, 0.25) is 0 Å². The number of nitriles is 1. The summed E-state index contributed by atoms with van der Waals surface area (Å²) in [5, 5.41) is 11.4. The summed E-state index contributed by atoms with van der Waals surface area (Å²) in [6.07, 6.45) is 7.96. The van der Waals surface area contributed by atoms with Gasteiger partial charge in [-0.2, -0.15) is 5.26 Å². The van der Waals surface area contributed by atoms with E-state index >= 15 is 0 Å². The van der Waals surface area contributed by atoms with E-state index in [1.165, 1.54) is 11.3 Å². The topological polar surface area (TPSA) is 36.7 Å². The molecule has 0 atom stereocenters. The molecule has 1 rings (SSSR count). The number of allylic oxidation sites excluding steroid dienone is 5. The van der Waals surface area contributed by atoms with Gasteiger partial charge in [0, 0.05) is 11.0 Å². The summed E-state index contributed by atoms with van der Waals surface area (Å²) in [5.41, 5.74) is 1.93. The highest BCUT2D eigenvalue weighted by Crippen LogP contribution is 2.19. The lowest BCUT2D eigenvalue weighted by Crippen LogP contribution is -1.83. The second-order valence-electron chi connectivity index (χ2n) is 2.82. The molecule has 0 saturated carbocycles. The molecular weight excluding hydrogens is 252 g/mol. The van der Waals surface area contributed by atoms with Crippen LogP contribution in [-0.2, 0) is 6.42 Å². The second kappa shape index (κ2) is 14.4. The van der Waals surface area contributed by atoms with Gasteiger partial charge in [-0.3, -0.25) is 0 Å². The molecule has 104 valence electrons. The Morgan fingerprint density at radius 3 is 2.53 bits per heavy atom. The highest BCUT2D eigenvalue weighted by Gasteiger charge is 2.03. The first kappa shape index (κ1) is 19.7. The van der Waals surface area contributed by atoms with E-state index in [1.807, 2.05) is 58.2 Å². The van der Waals surface area contributed by atoms with E-state index in [1.54, 1.807) is 6.08 Å². The lowest BCUT2D eigenvalue weighted by Gasteiger charge is -1.94. The molecule has 0 aliphatic rings. The maximum Gasteiger partial charge on any atom is 0.107 e. The fourth-order valence-electron chi connectivity index (χ4n) is 1.13. The zero-order valence-corrected chi connectivity index (χ0v) is 13.4. The predicted molar refractivity (Wildman–Crippen MR) is 87.1 cm³/mol. The highest BCUT2D eigenvalue weighted by atomic mass is 32.1. The van der Waals surface area contributed by atoms with Gasteiger partial charge in [-0.25, -0.2) is 4.98 Å². The lowest BCUT2D eigenvalue weighted by molar-refractivity contribution is 1.17. The summed E-state index contributed by atoms with van der Waals surface area (Å²) in [7, 11) is 0. The molecule has 0 fully saturated rings. The van der Waals surface area contributed by atoms with E-state index in [2.05, 4.69) is 17.6 Å². The molecule has 0 N–H and O–H groups in total. The van der Waals surface area contributed by atoms with Crippen molar-refractivity contribution in [1.82, 2.24) is 4.98 Å². The fourth-order valence-corrected chi connectivity index (χ4v) is 1.86. The SMILES string of the molecule is C=C/C=C(\C=C/C)c1csc(CC#N)n1.CC.CC. The number of nitrogens with zero attached hydrogens (tertiary/aromatic N) is 2. The van der Waals surface area contributed by atoms with Gasteiger partial charge in [0.2, 0.25) is 0 Å². The van der Waals surface area contributed by atoms with Gasteiger partial charge in [-0.1, -0.05) is 58.6 Å². The van der Waals surface area contributed by atoms with Crippen LogP contribution in [0.3, 0.4) is 0 Å². The normalized spacial score (nSPS) is 9.79. The van der Waals surface area contributed by atoms with Gasteiger partial charge in [-0.05, 0) is 6.92 Å². The Labute approximate surface area is 121 Å². The molecule has 0 aliphatic carbocycles. The molecule has 0 amide bonds. The molecule has 0 bridgehead atoms. The van der Waals surface area contributed by atoms with Gasteiger partial charge < -0.3 is 0 Å². The van der Waals surface area contributed by atoms with Gasteiger partial charge in [0.15, 0.2) is 0 Å². The molecule has 3 heteroatoms. The van der Waals surface area contributed by atoms with Crippen molar-refractivity contribution >= 4 is 16.9 Å². The first-order chi connectivity index (χ1) is 9.31. The molecule has 0 radical (unpaired) electrons. The Kier molecular flexibility index (Phi) is 14.9. The third-order valence-corrected chi connectivity index (χ3v) is 2.57. The molecule has 0 aromatic carbocycles. The third-order valence-electron chi connectivity index (χ3n) is 1.72. The standard InChI is InChI=1S/C12H12N2S.2C2H6/c1-3-5-10(6-4-2)11-9-15-12(14-11)7-8-13;2*1-2/h3-6,9H,1,7H2,2H3;2*1-2H3/b6-4-,10-5+;;. The van der Waals surface area contributed by atoms with Crippen molar-refractivity contribution in [1.29, 1.82) is 5.26 Å². The van der Waals surface area contributed by atoms with Crippen molar-refractivity contribution in [2.24, 2.45) is 0 Å². The molecule has 0 spiro atoms. The molecule has 0 saturated heterocycles. The third kappa shape index (κ3) is 8.12. The zero-order chi connectivity index (χ0) is 15.1. The smallest absolute Gasteiger partial charge is 0.107 e. The summed E-state index contributed by atoms with van der Waals surface area (Å²) in [6.45, 7) is 13.6. The van der Waals surface area contributed by atoms with Gasteiger partial charge in [0.25, 0.3) is 0 Å². The minimum atomic E-state index is 0.377. The second-order valence-corrected chi connectivity index (χ2v) is 3.76. The molecular formula is C16H24N2S.